The van der Waals surface area contributed by atoms with Gasteiger partial charge >= 0.3 is 0 Å². The van der Waals surface area contributed by atoms with Crippen molar-refractivity contribution in [2.45, 2.75) is 45.1 Å². The van der Waals surface area contributed by atoms with Crippen molar-refractivity contribution in [3.8, 4) is 0 Å². The summed E-state index contributed by atoms with van der Waals surface area (Å²) in [5, 5.41) is 19.0. The molecule has 2 heterocycles. The molecule has 0 bridgehead atoms. The molecule has 0 atom stereocenters. The molecule has 120 valence electrons. The third-order valence-electron chi connectivity index (χ3n) is 5.02. The number of fused-ring (bicyclic) bond motifs is 1. The zero-order chi connectivity index (χ0) is 16.0. The summed E-state index contributed by atoms with van der Waals surface area (Å²) >= 11 is 0. The predicted octanol–water partition coefficient (Wildman–Crippen LogP) is 3.77. The summed E-state index contributed by atoms with van der Waals surface area (Å²) in [6.45, 7) is 2.48. The number of nitrogens with zero attached hydrogens (tertiary/aromatic N) is 2. The predicted molar refractivity (Wildman–Crippen MR) is 91.7 cm³/mol. The van der Waals surface area contributed by atoms with E-state index in [1.807, 2.05) is 30.0 Å². The van der Waals surface area contributed by atoms with E-state index in [2.05, 4.69) is 9.97 Å². The van der Waals surface area contributed by atoms with Gasteiger partial charge in [0.25, 0.3) is 0 Å². The van der Waals surface area contributed by atoms with Crippen molar-refractivity contribution >= 4 is 22.4 Å². The van der Waals surface area contributed by atoms with E-state index < -0.39 is 0 Å². The van der Waals surface area contributed by atoms with Crippen molar-refractivity contribution < 1.29 is 5.11 Å². The number of aryl methyl sites for hydroxylation is 1. The molecule has 1 aromatic heterocycles. The van der Waals surface area contributed by atoms with Gasteiger partial charge in [-0.3, -0.25) is 5.41 Å². The highest BCUT2D eigenvalue weighted by molar-refractivity contribution is 6.23. The second-order valence-corrected chi connectivity index (χ2v) is 6.70. The molecular formula is C18H22N4O. The van der Waals surface area contributed by atoms with Gasteiger partial charge in [0.15, 0.2) is 0 Å². The molecule has 1 saturated carbocycles. The summed E-state index contributed by atoms with van der Waals surface area (Å²) in [5.74, 6) is 1.27. The van der Waals surface area contributed by atoms with E-state index in [0.717, 1.165) is 29.4 Å². The normalized spacial score (nSPS) is 20.0. The molecule has 1 aliphatic carbocycles. The molecule has 2 aliphatic rings. The number of amidine groups is 1. The Balaban J connectivity index is 1.66. The summed E-state index contributed by atoms with van der Waals surface area (Å²) in [7, 11) is 0. The molecule has 3 N–H and O–H groups in total. The first-order valence-corrected chi connectivity index (χ1v) is 8.38. The molecule has 0 spiro atoms. The first kappa shape index (κ1) is 14.3. The minimum Gasteiger partial charge on any atom is -0.510 e. The molecule has 5 heteroatoms. The van der Waals surface area contributed by atoms with Crippen LogP contribution < -0.4 is 0 Å². The summed E-state index contributed by atoms with van der Waals surface area (Å²) < 4.78 is 0. The number of hydrogen-bond donors (Lipinski definition) is 3. The third-order valence-corrected chi connectivity index (χ3v) is 5.02. The number of imidazole rings is 1. The Kier molecular flexibility index (Phi) is 3.36. The van der Waals surface area contributed by atoms with E-state index >= 15 is 0 Å². The molecule has 2 aromatic rings. The van der Waals surface area contributed by atoms with Gasteiger partial charge in [0.2, 0.25) is 0 Å². The SMILES string of the molecule is Cc1ccc2nc(C3=C(O)CN(C4CCCCC4)C3=N)[nH]c2c1. The molecule has 1 aliphatic heterocycles. The zero-order valence-electron chi connectivity index (χ0n) is 13.4. The number of aromatic nitrogens is 2. The topological polar surface area (TPSA) is 76.0 Å². The Morgan fingerprint density at radius 2 is 2.04 bits per heavy atom. The second-order valence-electron chi connectivity index (χ2n) is 6.70. The van der Waals surface area contributed by atoms with Gasteiger partial charge in [-0.1, -0.05) is 25.3 Å². The van der Waals surface area contributed by atoms with Crippen LogP contribution >= 0.6 is 0 Å². The van der Waals surface area contributed by atoms with Gasteiger partial charge in [-0.25, -0.2) is 4.98 Å². The van der Waals surface area contributed by atoms with Crippen LogP contribution in [0.5, 0.6) is 0 Å². The van der Waals surface area contributed by atoms with Gasteiger partial charge in [0, 0.05) is 6.04 Å². The first-order chi connectivity index (χ1) is 11.1. The quantitative estimate of drug-likeness (QED) is 0.790. The summed E-state index contributed by atoms with van der Waals surface area (Å²) in [6, 6.07) is 6.42. The molecule has 1 fully saturated rings. The van der Waals surface area contributed by atoms with Crippen molar-refractivity contribution in [2.24, 2.45) is 0 Å². The van der Waals surface area contributed by atoms with Gasteiger partial charge in [-0.15, -0.1) is 0 Å². The highest BCUT2D eigenvalue weighted by atomic mass is 16.3. The molecule has 0 amide bonds. The minimum atomic E-state index is 0.261. The maximum Gasteiger partial charge on any atom is 0.145 e. The number of aliphatic hydroxyl groups is 1. The highest BCUT2D eigenvalue weighted by Crippen LogP contribution is 2.32. The Morgan fingerprint density at radius 3 is 2.83 bits per heavy atom. The monoisotopic (exact) mass is 310 g/mol. The van der Waals surface area contributed by atoms with Gasteiger partial charge < -0.3 is 15.0 Å². The lowest BCUT2D eigenvalue weighted by atomic mass is 9.94. The van der Waals surface area contributed by atoms with E-state index in [4.69, 9.17) is 5.41 Å². The van der Waals surface area contributed by atoms with E-state index in [1.165, 1.54) is 19.3 Å². The Bertz CT molecular complexity index is 798. The average molecular weight is 310 g/mol. The second kappa shape index (κ2) is 5.41. The Hall–Kier alpha value is -2.30. The standard InChI is InChI=1S/C18H22N4O/c1-11-7-8-13-14(9-11)21-18(20-13)16-15(23)10-22(17(16)19)12-5-3-2-4-6-12/h7-9,12,19,23H,2-6,10H2,1H3,(H,20,21). The first-order valence-electron chi connectivity index (χ1n) is 8.38. The lowest BCUT2D eigenvalue weighted by Gasteiger charge is -2.32. The zero-order valence-corrected chi connectivity index (χ0v) is 13.4. The largest absolute Gasteiger partial charge is 0.510 e. The van der Waals surface area contributed by atoms with Gasteiger partial charge in [-0.05, 0) is 37.5 Å². The fourth-order valence-electron chi connectivity index (χ4n) is 3.79. The number of hydrogen-bond acceptors (Lipinski definition) is 3. The number of aliphatic hydroxyl groups excluding tert-OH is 1. The van der Waals surface area contributed by atoms with E-state index in [9.17, 15) is 5.11 Å². The van der Waals surface area contributed by atoms with E-state index in [-0.39, 0.29) is 5.76 Å². The van der Waals surface area contributed by atoms with Crippen LogP contribution in [0.1, 0.15) is 43.5 Å². The summed E-state index contributed by atoms with van der Waals surface area (Å²) in [4.78, 5) is 9.89. The molecular weight excluding hydrogens is 288 g/mol. The van der Waals surface area contributed by atoms with Gasteiger partial charge in [-0.2, -0.15) is 0 Å². The lowest BCUT2D eigenvalue weighted by Crippen LogP contribution is -2.38. The Labute approximate surface area is 135 Å². The van der Waals surface area contributed by atoms with Crippen molar-refractivity contribution in [2.75, 3.05) is 6.54 Å². The van der Waals surface area contributed by atoms with E-state index in [1.54, 1.807) is 0 Å². The molecule has 5 nitrogen and oxygen atoms in total. The van der Waals surface area contributed by atoms with Crippen LogP contribution in [0.4, 0.5) is 0 Å². The van der Waals surface area contributed by atoms with Crippen LogP contribution in [-0.4, -0.2) is 38.4 Å². The number of benzene rings is 1. The van der Waals surface area contributed by atoms with Crippen molar-refractivity contribution in [3.05, 3.63) is 35.3 Å². The molecule has 23 heavy (non-hydrogen) atoms. The number of H-pyrrole nitrogens is 1. The molecule has 1 aromatic carbocycles. The molecule has 0 saturated heterocycles. The van der Waals surface area contributed by atoms with Crippen LogP contribution in [0.2, 0.25) is 0 Å². The Morgan fingerprint density at radius 1 is 1.26 bits per heavy atom. The number of nitrogens with one attached hydrogen (secondary N) is 2. The average Bonchev–Trinajstić information content (AvgIpc) is 3.08. The van der Waals surface area contributed by atoms with Crippen LogP contribution in [0, 0.1) is 12.3 Å². The molecule has 0 unspecified atom stereocenters. The van der Waals surface area contributed by atoms with Crippen molar-refractivity contribution in [1.82, 2.24) is 14.9 Å². The highest BCUT2D eigenvalue weighted by Gasteiger charge is 2.34. The summed E-state index contributed by atoms with van der Waals surface area (Å²) in [5.41, 5.74) is 3.54. The van der Waals surface area contributed by atoms with Crippen LogP contribution in [-0.2, 0) is 0 Å². The molecule has 0 radical (unpaired) electrons. The van der Waals surface area contributed by atoms with Gasteiger partial charge in [0.1, 0.15) is 17.4 Å². The number of aromatic amines is 1. The van der Waals surface area contributed by atoms with Crippen LogP contribution in [0.15, 0.2) is 24.0 Å². The van der Waals surface area contributed by atoms with Gasteiger partial charge in [0.05, 0.1) is 23.2 Å². The maximum absolute atomic E-state index is 10.4. The third kappa shape index (κ3) is 2.40. The van der Waals surface area contributed by atoms with Crippen molar-refractivity contribution in [1.29, 1.82) is 5.41 Å². The van der Waals surface area contributed by atoms with Crippen LogP contribution in [0.3, 0.4) is 0 Å². The van der Waals surface area contributed by atoms with Crippen LogP contribution in [0.25, 0.3) is 16.6 Å². The lowest BCUT2D eigenvalue weighted by molar-refractivity contribution is 0.241. The smallest absolute Gasteiger partial charge is 0.145 e. The molecule has 4 rings (SSSR count). The fourth-order valence-corrected chi connectivity index (χ4v) is 3.79. The summed E-state index contributed by atoms with van der Waals surface area (Å²) in [6.07, 6.45) is 5.94. The number of rotatable bonds is 2. The fraction of sp³-hybridized carbons (Fsp3) is 0.444. The van der Waals surface area contributed by atoms with E-state index in [0.29, 0.717) is 29.8 Å². The minimum absolute atomic E-state index is 0.261. The van der Waals surface area contributed by atoms with Crippen molar-refractivity contribution in [3.63, 3.8) is 0 Å². The maximum atomic E-state index is 10.4.